The fourth-order valence-electron chi connectivity index (χ4n) is 3.52. The second-order valence-corrected chi connectivity index (χ2v) is 9.31. The van der Waals surface area contributed by atoms with Crippen molar-refractivity contribution in [1.29, 1.82) is 0 Å². The minimum absolute atomic E-state index is 0.115. The third kappa shape index (κ3) is 4.15. The molecular weight excluding hydrogens is 474 g/mol. The molecule has 3 aromatic carbocycles. The predicted octanol–water partition coefficient (Wildman–Crippen LogP) is 5.37. The van der Waals surface area contributed by atoms with Gasteiger partial charge in [0.15, 0.2) is 0 Å². The zero-order valence-corrected chi connectivity index (χ0v) is 19.2. The Hall–Kier alpha value is -3.14. The van der Waals surface area contributed by atoms with Gasteiger partial charge in [-0.25, -0.2) is 21.5 Å². The lowest BCUT2D eigenvalue weighted by molar-refractivity contribution is 0.209. The maximum absolute atomic E-state index is 14.7. The molecule has 0 saturated heterocycles. The molecule has 4 rings (SSSR count). The lowest BCUT2D eigenvalue weighted by Gasteiger charge is -2.24. The number of nitrogens with zero attached hydrogens (tertiary/aromatic N) is 2. The van der Waals surface area contributed by atoms with Crippen molar-refractivity contribution < 1.29 is 26.7 Å². The zero-order chi connectivity index (χ0) is 23.8. The van der Waals surface area contributed by atoms with Crippen molar-refractivity contribution in [1.82, 2.24) is 4.57 Å². The van der Waals surface area contributed by atoms with Crippen molar-refractivity contribution in [3.05, 3.63) is 83.5 Å². The van der Waals surface area contributed by atoms with E-state index in [9.17, 15) is 17.2 Å². The summed E-state index contributed by atoms with van der Waals surface area (Å²) in [6, 6.07) is 15.5. The van der Waals surface area contributed by atoms with Crippen LogP contribution in [0.1, 0.15) is 0 Å². The number of benzene rings is 3. The van der Waals surface area contributed by atoms with Crippen molar-refractivity contribution in [2.45, 2.75) is 4.90 Å². The summed E-state index contributed by atoms with van der Waals surface area (Å²) < 4.78 is 69.0. The summed E-state index contributed by atoms with van der Waals surface area (Å²) >= 11 is 5.65. The van der Waals surface area contributed by atoms with E-state index in [4.69, 9.17) is 21.1 Å². The van der Waals surface area contributed by atoms with Crippen LogP contribution in [0.25, 0.3) is 16.6 Å². The van der Waals surface area contributed by atoms with Crippen LogP contribution in [0.15, 0.2) is 71.8 Å². The van der Waals surface area contributed by atoms with Crippen molar-refractivity contribution in [2.75, 3.05) is 25.3 Å². The molecule has 0 saturated carbocycles. The first kappa shape index (κ1) is 23.0. The molecule has 0 radical (unpaired) electrons. The quantitative estimate of drug-likeness (QED) is 0.257. The third-order valence-corrected chi connectivity index (χ3v) is 7.14. The summed E-state index contributed by atoms with van der Waals surface area (Å²) in [6.07, 6.45) is 1.43. The number of sulfonamides is 1. The van der Waals surface area contributed by atoms with Crippen LogP contribution in [-0.2, 0) is 14.8 Å². The van der Waals surface area contributed by atoms with E-state index in [-0.39, 0.29) is 4.90 Å². The lowest BCUT2D eigenvalue weighted by atomic mass is 10.2. The summed E-state index contributed by atoms with van der Waals surface area (Å²) in [6.45, 7) is -0.547. The van der Waals surface area contributed by atoms with Crippen LogP contribution in [0, 0.1) is 11.6 Å². The second-order valence-electron chi connectivity index (χ2n) is 7.07. The van der Waals surface area contributed by atoms with Gasteiger partial charge in [0.25, 0.3) is 10.0 Å². The Balaban J connectivity index is 1.97. The third-order valence-electron chi connectivity index (χ3n) is 5.08. The zero-order valence-electron chi connectivity index (χ0n) is 17.6. The molecule has 0 aliphatic heterocycles. The fourth-order valence-corrected chi connectivity index (χ4v) is 5.24. The standard InChI is InChI=1S/C23H19ClF2N2O4S/c1-31-14-28(22-12-19(25)18(24)11-20(22)26)33(29,30)23-13-27(15-6-4-3-5-7-15)21-10-16(32-2)8-9-17(21)23/h3-13H,14H2,1-2H3. The highest BCUT2D eigenvalue weighted by atomic mass is 35.5. The molecule has 0 unspecified atom stereocenters. The van der Waals surface area contributed by atoms with Crippen molar-refractivity contribution >= 4 is 38.2 Å². The molecule has 0 amide bonds. The van der Waals surface area contributed by atoms with Gasteiger partial charge in [-0.05, 0) is 30.3 Å². The maximum atomic E-state index is 14.7. The molecule has 4 aromatic rings. The van der Waals surface area contributed by atoms with E-state index in [1.165, 1.54) is 20.4 Å². The lowest BCUT2D eigenvalue weighted by Crippen LogP contribution is -2.33. The normalized spacial score (nSPS) is 11.7. The van der Waals surface area contributed by atoms with Gasteiger partial charge < -0.3 is 14.0 Å². The molecule has 1 heterocycles. The van der Waals surface area contributed by atoms with Gasteiger partial charge in [0.1, 0.15) is 29.0 Å². The molecule has 0 spiro atoms. The van der Waals surface area contributed by atoms with E-state index in [1.807, 2.05) is 30.3 Å². The van der Waals surface area contributed by atoms with Crippen LogP contribution in [0.5, 0.6) is 5.75 Å². The SMILES string of the molecule is COCN(c1cc(F)c(Cl)cc1F)S(=O)(=O)c1cn(-c2ccccc2)c2cc(OC)ccc12. The van der Waals surface area contributed by atoms with Crippen molar-refractivity contribution in [3.63, 3.8) is 0 Å². The average molecular weight is 493 g/mol. The van der Waals surface area contributed by atoms with Crippen molar-refractivity contribution in [2.24, 2.45) is 0 Å². The molecule has 10 heteroatoms. The Morgan fingerprint density at radius 1 is 1.00 bits per heavy atom. The second kappa shape index (κ2) is 9.01. The van der Waals surface area contributed by atoms with Gasteiger partial charge in [0.05, 0.1) is 23.3 Å². The van der Waals surface area contributed by atoms with Crippen molar-refractivity contribution in [3.8, 4) is 11.4 Å². The maximum Gasteiger partial charge on any atom is 0.268 e. The minimum atomic E-state index is -4.40. The predicted molar refractivity (Wildman–Crippen MR) is 123 cm³/mol. The van der Waals surface area contributed by atoms with Crippen LogP contribution in [0.2, 0.25) is 5.02 Å². The highest BCUT2D eigenvalue weighted by Crippen LogP contribution is 2.36. The van der Waals surface area contributed by atoms with Gasteiger partial charge in [-0.2, -0.15) is 0 Å². The topological polar surface area (TPSA) is 60.8 Å². The van der Waals surface area contributed by atoms with Crippen LogP contribution >= 0.6 is 11.6 Å². The Morgan fingerprint density at radius 2 is 1.73 bits per heavy atom. The average Bonchev–Trinajstić information content (AvgIpc) is 3.20. The van der Waals surface area contributed by atoms with Gasteiger partial charge >= 0.3 is 0 Å². The number of hydrogen-bond acceptors (Lipinski definition) is 4. The first-order valence-electron chi connectivity index (χ1n) is 9.68. The number of methoxy groups -OCH3 is 2. The number of fused-ring (bicyclic) bond motifs is 1. The van der Waals surface area contributed by atoms with Gasteiger partial charge in [-0.15, -0.1) is 0 Å². The highest BCUT2D eigenvalue weighted by molar-refractivity contribution is 7.93. The van der Waals surface area contributed by atoms with Crippen LogP contribution < -0.4 is 9.04 Å². The van der Waals surface area contributed by atoms with E-state index < -0.39 is 39.1 Å². The molecule has 0 aliphatic carbocycles. The summed E-state index contributed by atoms with van der Waals surface area (Å²) in [4.78, 5) is -0.115. The molecule has 0 aliphatic rings. The minimum Gasteiger partial charge on any atom is -0.497 e. The summed E-state index contributed by atoms with van der Waals surface area (Å²) in [5.74, 6) is -1.43. The van der Waals surface area contributed by atoms with Crippen LogP contribution in [-0.4, -0.2) is 33.9 Å². The summed E-state index contributed by atoms with van der Waals surface area (Å²) in [7, 11) is -1.64. The summed E-state index contributed by atoms with van der Waals surface area (Å²) in [5.41, 5.74) is 0.742. The van der Waals surface area contributed by atoms with Gasteiger partial charge in [0, 0.05) is 36.5 Å². The molecular formula is C23H19ClF2N2O4S. The number of aromatic nitrogens is 1. The molecule has 0 atom stereocenters. The van der Waals surface area contributed by atoms with Gasteiger partial charge in [0.2, 0.25) is 0 Å². The fraction of sp³-hybridized carbons (Fsp3) is 0.130. The number of rotatable bonds is 7. The number of hydrogen-bond donors (Lipinski definition) is 0. The Bertz CT molecular complexity index is 1430. The Kier molecular flexibility index (Phi) is 6.29. The number of ether oxygens (including phenoxy) is 2. The van der Waals surface area contributed by atoms with E-state index >= 15 is 0 Å². The summed E-state index contributed by atoms with van der Waals surface area (Å²) in [5, 5.41) is -0.0885. The van der Waals surface area contributed by atoms with E-state index in [2.05, 4.69) is 0 Å². The van der Waals surface area contributed by atoms with E-state index in [0.29, 0.717) is 26.6 Å². The Labute approximate surface area is 194 Å². The highest BCUT2D eigenvalue weighted by Gasteiger charge is 2.31. The van der Waals surface area contributed by atoms with E-state index in [0.717, 1.165) is 12.1 Å². The first-order valence-corrected chi connectivity index (χ1v) is 11.5. The van der Waals surface area contributed by atoms with E-state index in [1.54, 1.807) is 22.8 Å². The van der Waals surface area contributed by atoms with Gasteiger partial charge in [-0.3, -0.25) is 0 Å². The molecule has 172 valence electrons. The van der Waals surface area contributed by atoms with Gasteiger partial charge in [-0.1, -0.05) is 29.8 Å². The molecule has 0 bridgehead atoms. The molecule has 33 heavy (non-hydrogen) atoms. The first-order chi connectivity index (χ1) is 15.8. The van der Waals surface area contributed by atoms with Crippen LogP contribution in [0.4, 0.5) is 14.5 Å². The molecule has 0 fully saturated rings. The molecule has 6 nitrogen and oxygen atoms in total. The Morgan fingerprint density at radius 3 is 2.39 bits per heavy atom. The number of halogens is 3. The van der Waals surface area contributed by atoms with Crippen LogP contribution in [0.3, 0.4) is 0 Å². The monoisotopic (exact) mass is 492 g/mol. The smallest absolute Gasteiger partial charge is 0.268 e. The number of para-hydroxylation sites is 1. The molecule has 0 N–H and O–H groups in total. The largest absolute Gasteiger partial charge is 0.497 e. The molecule has 1 aromatic heterocycles. The number of anilines is 1.